The van der Waals surface area contributed by atoms with Crippen molar-refractivity contribution in [2.24, 2.45) is 0 Å². The van der Waals surface area contributed by atoms with E-state index in [4.69, 9.17) is 0 Å². The molecule has 0 saturated carbocycles. The van der Waals surface area contributed by atoms with Gasteiger partial charge in [0.15, 0.2) is 0 Å². The molecule has 0 aliphatic rings. The van der Waals surface area contributed by atoms with Crippen LogP contribution >= 0.6 is 0 Å². The summed E-state index contributed by atoms with van der Waals surface area (Å²) in [7, 11) is 0. The summed E-state index contributed by atoms with van der Waals surface area (Å²) in [6, 6.07) is 0. The Hall–Kier alpha value is -2.60. The summed E-state index contributed by atoms with van der Waals surface area (Å²) in [6.45, 7) is -1.44. The standard InChI is InChI=1S/2C9H2F5O.Hg/c2*1-2-3-15-9-7(13)5(11)4(10)6(12)8(9)14;/h2*3H2;. The van der Waals surface area contributed by atoms with Gasteiger partial charge >= 0.3 is 180 Å². The van der Waals surface area contributed by atoms with Crippen LogP contribution < -0.4 is 9.47 Å². The van der Waals surface area contributed by atoms with E-state index in [2.05, 4.69) is 28.2 Å². The maximum atomic E-state index is 13.3. The van der Waals surface area contributed by atoms with Crippen molar-refractivity contribution in [3.05, 3.63) is 58.2 Å². The zero-order valence-corrected chi connectivity index (χ0v) is 20.2. The van der Waals surface area contributed by atoms with E-state index in [-0.39, 0.29) is 0 Å². The van der Waals surface area contributed by atoms with Crippen molar-refractivity contribution in [1.29, 1.82) is 0 Å². The van der Waals surface area contributed by atoms with Gasteiger partial charge in [-0.05, 0) is 0 Å². The Morgan fingerprint density at radius 2 is 0.710 bits per heavy atom. The first kappa shape index (κ1) is 24.7. The van der Waals surface area contributed by atoms with Gasteiger partial charge in [-0.25, -0.2) is 0 Å². The van der Waals surface area contributed by atoms with Gasteiger partial charge in [0.1, 0.15) is 0 Å². The monoisotopic (exact) mass is 644 g/mol. The molecule has 0 saturated heterocycles. The van der Waals surface area contributed by atoms with Gasteiger partial charge in [0.05, 0.1) is 0 Å². The molecule has 0 aliphatic carbocycles. The van der Waals surface area contributed by atoms with Crippen LogP contribution in [0.3, 0.4) is 0 Å². The molecule has 2 rings (SSSR count). The molecule has 0 amide bonds. The van der Waals surface area contributed by atoms with Gasteiger partial charge in [0.2, 0.25) is 0 Å². The fourth-order valence-corrected chi connectivity index (χ4v) is 4.02. The van der Waals surface area contributed by atoms with Crippen LogP contribution in [0.25, 0.3) is 0 Å². The predicted molar refractivity (Wildman–Crippen MR) is 79.0 cm³/mol. The Labute approximate surface area is 179 Å². The fraction of sp³-hybridized carbons (Fsp3) is 0.111. The van der Waals surface area contributed by atoms with E-state index in [1.165, 1.54) is 0 Å². The van der Waals surface area contributed by atoms with E-state index in [0.717, 1.165) is 0 Å². The summed E-state index contributed by atoms with van der Waals surface area (Å²) in [4.78, 5) is 0. The minimum atomic E-state index is -2.34. The Bertz CT molecular complexity index is 997. The summed E-state index contributed by atoms with van der Waals surface area (Å²) >= 11 is -2.31. The van der Waals surface area contributed by atoms with E-state index < -0.39 is 107 Å². The summed E-state index contributed by atoms with van der Waals surface area (Å²) in [5.74, 6) is -20.5. The molecule has 0 bridgehead atoms. The molecular weight excluding hydrogens is 639 g/mol. The first-order chi connectivity index (χ1) is 14.6. The van der Waals surface area contributed by atoms with Crippen LogP contribution in [-0.2, 0) is 24.6 Å². The van der Waals surface area contributed by atoms with Crippen molar-refractivity contribution < 1.29 is 78.0 Å². The van der Waals surface area contributed by atoms with Crippen LogP contribution in [0.4, 0.5) is 43.9 Å². The SMILES string of the molecule is Fc1c(F)c(F)c(OCC#[C][Hg][C]#CCOc2c(F)c(F)c(F)c(F)c2F)c(F)c1F. The van der Waals surface area contributed by atoms with Gasteiger partial charge in [0, 0.05) is 0 Å². The topological polar surface area (TPSA) is 18.5 Å². The van der Waals surface area contributed by atoms with Crippen LogP contribution in [-0.4, -0.2) is 13.2 Å². The molecule has 13 heteroatoms. The van der Waals surface area contributed by atoms with Gasteiger partial charge in [-0.15, -0.1) is 0 Å². The molecule has 31 heavy (non-hydrogen) atoms. The number of benzene rings is 2. The molecular formula is C18H4F10HgO2. The summed E-state index contributed by atoms with van der Waals surface area (Å²) in [5, 5.41) is 0. The van der Waals surface area contributed by atoms with Gasteiger partial charge in [0.25, 0.3) is 0 Å². The van der Waals surface area contributed by atoms with Gasteiger partial charge in [-0.2, -0.15) is 0 Å². The maximum absolute atomic E-state index is 13.3. The van der Waals surface area contributed by atoms with Crippen molar-refractivity contribution >= 4 is 0 Å². The van der Waals surface area contributed by atoms with Crippen LogP contribution in [0.1, 0.15) is 0 Å². The van der Waals surface area contributed by atoms with Crippen molar-refractivity contribution in [2.75, 3.05) is 13.2 Å². The summed E-state index contributed by atoms with van der Waals surface area (Å²) in [6.07, 6.45) is 0. The van der Waals surface area contributed by atoms with Crippen molar-refractivity contribution in [1.82, 2.24) is 0 Å². The Morgan fingerprint density at radius 1 is 0.452 bits per heavy atom. The molecule has 160 valence electrons. The Kier molecular flexibility index (Phi) is 8.45. The second-order valence-electron chi connectivity index (χ2n) is 5.26. The molecule has 0 atom stereocenters. The average Bonchev–Trinajstić information content (AvgIpc) is 2.76. The Balaban J connectivity index is 1.91. The molecule has 0 fully saturated rings. The van der Waals surface area contributed by atoms with Crippen molar-refractivity contribution in [3.8, 4) is 30.2 Å². The van der Waals surface area contributed by atoms with E-state index in [1.807, 2.05) is 0 Å². The zero-order valence-electron chi connectivity index (χ0n) is 14.7. The number of ether oxygens (including phenoxy) is 2. The second kappa shape index (κ2) is 10.6. The van der Waals surface area contributed by atoms with Crippen LogP contribution in [0.5, 0.6) is 11.5 Å². The van der Waals surface area contributed by atoms with Crippen LogP contribution in [0.15, 0.2) is 0 Å². The fourth-order valence-electron chi connectivity index (χ4n) is 1.91. The molecule has 2 nitrogen and oxygen atoms in total. The molecule has 0 unspecified atom stereocenters. The molecule has 2 aromatic rings. The molecule has 0 N–H and O–H groups in total. The van der Waals surface area contributed by atoms with Crippen molar-refractivity contribution in [3.63, 3.8) is 0 Å². The normalized spacial score (nSPS) is 9.87. The predicted octanol–water partition coefficient (Wildman–Crippen LogP) is 4.54. The zero-order chi connectivity index (χ0) is 23.3. The van der Waals surface area contributed by atoms with E-state index in [0.29, 0.717) is 0 Å². The van der Waals surface area contributed by atoms with Gasteiger partial charge in [-0.1, -0.05) is 0 Å². The minimum absolute atomic E-state index is 0.721. The van der Waals surface area contributed by atoms with Gasteiger partial charge in [-0.3, -0.25) is 0 Å². The quantitative estimate of drug-likeness (QED) is 0.161. The first-order valence-electron chi connectivity index (χ1n) is 7.79. The third-order valence-electron chi connectivity index (χ3n) is 3.34. The molecule has 0 radical (unpaired) electrons. The Morgan fingerprint density at radius 3 is 1.00 bits per heavy atom. The molecule has 2 aromatic carbocycles. The second-order valence-corrected chi connectivity index (χ2v) is 9.38. The van der Waals surface area contributed by atoms with E-state index in [1.54, 1.807) is 0 Å². The number of hydrogen-bond acceptors (Lipinski definition) is 2. The van der Waals surface area contributed by atoms with Crippen LogP contribution in [0, 0.1) is 76.9 Å². The van der Waals surface area contributed by atoms with Crippen molar-refractivity contribution in [2.45, 2.75) is 0 Å². The molecule has 0 aliphatic heterocycles. The third kappa shape index (κ3) is 5.36. The number of halogens is 10. The molecule has 0 heterocycles. The number of rotatable bonds is 4. The summed E-state index contributed by atoms with van der Waals surface area (Å²) < 4.78 is 145. The first-order valence-corrected chi connectivity index (χ1v) is 13.3. The average molecular weight is 643 g/mol. The summed E-state index contributed by atoms with van der Waals surface area (Å²) in [5.41, 5.74) is 0. The van der Waals surface area contributed by atoms with Crippen LogP contribution in [0.2, 0.25) is 0 Å². The third-order valence-corrected chi connectivity index (χ3v) is 6.66. The number of hydrogen-bond donors (Lipinski definition) is 0. The molecule has 0 spiro atoms. The van der Waals surface area contributed by atoms with Gasteiger partial charge < -0.3 is 0 Å². The van der Waals surface area contributed by atoms with E-state index >= 15 is 0 Å². The van der Waals surface area contributed by atoms with E-state index in [9.17, 15) is 43.9 Å². The molecule has 0 aromatic heterocycles.